The van der Waals surface area contributed by atoms with Gasteiger partial charge in [-0.05, 0) is 55.5 Å². The lowest BCUT2D eigenvalue weighted by molar-refractivity contribution is 0.219. The van der Waals surface area contributed by atoms with Crippen LogP contribution in [0.25, 0.3) is 0 Å². The maximum absolute atomic E-state index is 10.7. The monoisotopic (exact) mass is 326 g/mol. The molecule has 2 heteroatoms. The summed E-state index contributed by atoms with van der Waals surface area (Å²) in [6, 6.07) is 12.0. The van der Waals surface area contributed by atoms with Crippen LogP contribution >= 0.6 is 0 Å². The molecule has 24 heavy (non-hydrogen) atoms. The van der Waals surface area contributed by atoms with Crippen molar-refractivity contribution in [3.8, 4) is 5.75 Å². The van der Waals surface area contributed by atoms with E-state index in [2.05, 4.69) is 27.7 Å². The maximum Gasteiger partial charge on any atom is 0.122 e. The lowest BCUT2D eigenvalue weighted by Gasteiger charge is -2.18. The molecule has 0 aliphatic carbocycles. The third-order valence-corrected chi connectivity index (χ3v) is 4.72. The molecule has 2 aromatic rings. The summed E-state index contributed by atoms with van der Waals surface area (Å²) in [4.78, 5) is 0. The number of hydrogen-bond acceptors (Lipinski definition) is 2. The van der Waals surface area contributed by atoms with E-state index in [1.54, 1.807) is 0 Å². The van der Waals surface area contributed by atoms with Gasteiger partial charge in [-0.15, -0.1) is 0 Å². The number of hydrogen-bond donors (Lipinski definition) is 1. The zero-order valence-corrected chi connectivity index (χ0v) is 15.4. The molecular weight excluding hydrogens is 296 g/mol. The van der Waals surface area contributed by atoms with E-state index in [1.165, 1.54) is 24.8 Å². The molecule has 0 spiro atoms. The van der Waals surface area contributed by atoms with Crippen molar-refractivity contribution in [3.05, 3.63) is 64.2 Å². The molecule has 0 aliphatic rings. The standard InChI is InChI=1S/C22H30O2/c1-5-6-7-8-15-24-21-14-13-20(17(3)18(21)4)22(23)19-11-9-16(2)10-12-19/h9-14,22-23H,5-8,15H2,1-4H3. The zero-order chi connectivity index (χ0) is 17.5. The van der Waals surface area contributed by atoms with Gasteiger partial charge >= 0.3 is 0 Å². The number of rotatable bonds is 8. The average molecular weight is 326 g/mol. The summed E-state index contributed by atoms with van der Waals surface area (Å²) in [6.07, 6.45) is 4.23. The largest absolute Gasteiger partial charge is 0.493 e. The first-order valence-corrected chi connectivity index (χ1v) is 9.02. The molecule has 0 amide bonds. The van der Waals surface area contributed by atoms with E-state index in [-0.39, 0.29) is 0 Å². The molecule has 0 aliphatic heterocycles. The highest BCUT2D eigenvalue weighted by atomic mass is 16.5. The summed E-state index contributed by atoms with van der Waals surface area (Å²) in [5.74, 6) is 0.934. The van der Waals surface area contributed by atoms with Gasteiger partial charge in [0.15, 0.2) is 0 Å². The van der Waals surface area contributed by atoms with E-state index in [4.69, 9.17) is 4.74 Å². The van der Waals surface area contributed by atoms with Gasteiger partial charge in [-0.25, -0.2) is 0 Å². The van der Waals surface area contributed by atoms with Crippen LogP contribution in [0.15, 0.2) is 36.4 Å². The first-order chi connectivity index (χ1) is 11.5. The number of aliphatic hydroxyl groups is 1. The van der Waals surface area contributed by atoms with Gasteiger partial charge in [0.05, 0.1) is 6.61 Å². The lowest BCUT2D eigenvalue weighted by Crippen LogP contribution is -2.06. The van der Waals surface area contributed by atoms with Gasteiger partial charge in [0.1, 0.15) is 11.9 Å². The molecule has 1 N–H and O–H groups in total. The molecule has 130 valence electrons. The SMILES string of the molecule is CCCCCCOc1ccc(C(O)c2ccc(C)cc2)c(C)c1C. The van der Waals surface area contributed by atoms with Crippen molar-refractivity contribution < 1.29 is 9.84 Å². The molecule has 0 heterocycles. The van der Waals surface area contributed by atoms with Crippen LogP contribution in [0.3, 0.4) is 0 Å². The molecule has 0 aromatic heterocycles. The molecule has 2 aromatic carbocycles. The van der Waals surface area contributed by atoms with E-state index in [0.29, 0.717) is 0 Å². The van der Waals surface area contributed by atoms with Gasteiger partial charge in [0.25, 0.3) is 0 Å². The number of benzene rings is 2. The first-order valence-electron chi connectivity index (χ1n) is 9.02. The van der Waals surface area contributed by atoms with E-state index < -0.39 is 6.10 Å². The van der Waals surface area contributed by atoms with E-state index >= 15 is 0 Å². The van der Waals surface area contributed by atoms with Crippen LogP contribution in [-0.4, -0.2) is 11.7 Å². The van der Waals surface area contributed by atoms with E-state index in [0.717, 1.165) is 41.0 Å². The molecule has 0 fully saturated rings. The summed E-state index contributed by atoms with van der Waals surface area (Å²) in [5.41, 5.74) is 5.31. The molecule has 0 bridgehead atoms. The summed E-state index contributed by atoms with van der Waals surface area (Å²) in [6.45, 7) is 9.17. The second kappa shape index (κ2) is 8.89. The maximum atomic E-state index is 10.7. The number of unbranched alkanes of at least 4 members (excludes halogenated alkanes) is 3. The summed E-state index contributed by atoms with van der Waals surface area (Å²) >= 11 is 0. The van der Waals surface area contributed by atoms with Gasteiger partial charge in [-0.1, -0.05) is 62.1 Å². The third kappa shape index (κ3) is 4.61. The minimum Gasteiger partial charge on any atom is -0.493 e. The lowest BCUT2D eigenvalue weighted by atomic mass is 9.94. The van der Waals surface area contributed by atoms with Crippen molar-refractivity contribution >= 4 is 0 Å². The number of ether oxygens (including phenoxy) is 1. The fraction of sp³-hybridized carbons (Fsp3) is 0.455. The molecule has 2 nitrogen and oxygen atoms in total. The topological polar surface area (TPSA) is 29.5 Å². The Bertz CT molecular complexity index is 644. The van der Waals surface area contributed by atoms with Gasteiger partial charge in [0.2, 0.25) is 0 Å². The van der Waals surface area contributed by atoms with Gasteiger partial charge in [-0.2, -0.15) is 0 Å². The Morgan fingerprint density at radius 3 is 2.25 bits per heavy atom. The highest BCUT2D eigenvalue weighted by molar-refractivity contribution is 5.46. The minimum atomic E-state index is -0.595. The third-order valence-electron chi connectivity index (χ3n) is 4.72. The molecule has 1 atom stereocenters. The van der Waals surface area contributed by atoms with Crippen molar-refractivity contribution in [3.63, 3.8) is 0 Å². The van der Waals surface area contributed by atoms with Crippen LogP contribution in [-0.2, 0) is 0 Å². The van der Waals surface area contributed by atoms with Crippen LogP contribution in [0.2, 0.25) is 0 Å². The predicted octanol–water partition coefficient (Wildman–Crippen LogP) is 5.65. The van der Waals surface area contributed by atoms with Crippen LogP contribution in [0.1, 0.15) is 66.5 Å². The number of aliphatic hydroxyl groups excluding tert-OH is 1. The van der Waals surface area contributed by atoms with E-state index in [9.17, 15) is 5.11 Å². The normalized spacial score (nSPS) is 12.2. The second-order valence-electron chi connectivity index (χ2n) is 6.63. The highest BCUT2D eigenvalue weighted by Gasteiger charge is 2.16. The first kappa shape index (κ1) is 18.5. The Labute approximate surface area is 146 Å². The highest BCUT2D eigenvalue weighted by Crippen LogP contribution is 2.31. The Morgan fingerprint density at radius 2 is 1.58 bits per heavy atom. The van der Waals surface area contributed by atoms with Crippen LogP contribution in [0.5, 0.6) is 5.75 Å². The molecule has 1 unspecified atom stereocenters. The van der Waals surface area contributed by atoms with Crippen molar-refractivity contribution in [1.82, 2.24) is 0 Å². The fourth-order valence-corrected chi connectivity index (χ4v) is 2.91. The molecular formula is C22H30O2. The molecule has 0 saturated carbocycles. The minimum absolute atomic E-state index is 0.595. The van der Waals surface area contributed by atoms with Crippen LogP contribution in [0, 0.1) is 20.8 Å². The molecule has 0 saturated heterocycles. The van der Waals surface area contributed by atoms with Gasteiger partial charge < -0.3 is 9.84 Å². The van der Waals surface area contributed by atoms with Crippen LogP contribution < -0.4 is 4.74 Å². The summed E-state index contributed by atoms with van der Waals surface area (Å²) < 4.78 is 5.94. The Balaban J connectivity index is 2.09. The van der Waals surface area contributed by atoms with Crippen molar-refractivity contribution in [1.29, 1.82) is 0 Å². The van der Waals surface area contributed by atoms with Gasteiger partial charge in [0, 0.05) is 0 Å². The fourth-order valence-electron chi connectivity index (χ4n) is 2.91. The Hall–Kier alpha value is -1.80. The Kier molecular flexibility index (Phi) is 6.86. The smallest absolute Gasteiger partial charge is 0.122 e. The second-order valence-corrected chi connectivity index (χ2v) is 6.63. The summed E-state index contributed by atoms with van der Waals surface area (Å²) in [5, 5.41) is 10.7. The quantitative estimate of drug-likeness (QED) is 0.635. The van der Waals surface area contributed by atoms with E-state index in [1.807, 2.05) is 36.4 Å². The average Bonchev–Trinajstić information content (AvgIpc) is 2.58. The van der Waals surface area contributed by atoms with Crippen molar-refractivity contribution in [2.45, 2.75) is 59.5 Å². The van der Waals surface area contributed by atoms with Crippen molar-refractivity contribution in [2.75, 3.05) is 6.61 Å². The predicted molar refractivity (Wildman–Crippen MR) is 101 cm³/mol. The van der Waals surface area contributed by atoms with Gasteiger partial charge in [-0.3, -0.25) is 0 Å². The van der Waals surface area contributed by atoms with Crippen LogP contribution in [0.4, 0.5) is 0 Å². The number of aryl methyl sites for hydroxylation is 1. The Morgan fingerprint density at radius 1 is 0.875 bits per heavy atom. The summed E-state index contributed by atoms with van der Waals surface area (Å²) in [7, 11) is 0. The molecule has 2 rings (SSSR count). The molecule has 0 radical (unpaired) electrons. The van der Waals surface area contributed by atoms with Crippen molar-refractivity contribution in [2.24, 2.45) is 0 Å². The zero-order valence-electron chi connectivity index (χ0n) is 15.4.